The molecule has 0 saturated carbocycles. The molecule has 2 atom stereocenters. The number of hydrogen-bond acceptors (Lipinski definition) is 3. The van der Waals surface area contributed by atoms with Crippen LogP contribution < -0.4 is 10.6 Å². The Morgan fingerprint density at radius 1 is 1.59 bits per heavy atom. The largest absolute Gasteiger partial charge is 0.376 e. The van der Waals surface area contributed by atoms with E-state index in [4.69, 9.17) is 4.74 Å². The molecule has 5 heteroatoms. The SMILES string of the molecule is C[C@@H](NC(=O)Nc1ccccn1)[C@@H]1CCCO1. The zero-order valence-corrected chi connectivity index (χ0v) is 9.85. The summed E-state index contributed by atoms with van der Waals surface area (Å²) < 4.78 is 5.51. The molecule has 5 nitrogen and oxygen atoms in total. The normalized spacial score (nSPS) is 20.9. The molecule has 1 fully saturated rings. The molecule has 92 valence electrons. The molecule has 2 N–H and O–H groups in total. The van der Waals surface area contributed by atoms with Crippen molar-refractivity contribution in [3.05, 3.63) is 24.4 Å². The van der Waals surface area contributed by atoms with Crippen molar-refractivity contribution >= 4 is 11.8 Å². The number of rotatable bonds is 3. The van der Waals surface area contributed by atoms with Crippen LogP contribution in [0.2, 0.25) is 0 Å². The third-order valence-electron chi connectivity index (χ3n) is 2.79. The molecule has 0 aromatic carbocycles. The molecule has 0 bridgehead atoms. The summed E-state index contributed by atoms with van der Waals surface area (Å²) in [5, 5.41) is 5.53. The molecule has 0 spiro atoms. The molecule has 1 aromatic heterocycles. The second-order valence-electron chi connectivity index (χ2n) is 4.15. The molecule has 1 saturated heterocycles. The number of urea groups is 1. The second kappa shape index (κ2) is 5.63. The van der Waals surface area contributed by atoms with E-state index < -0.39 is 0 Å². The standard InChI is InChI=1S/C12H17N3O2/c1-9(10-5-4-8-17-10)14-12(16)15-11-6-2-3-7-13-11/h2-3,6-7,9-10H,4-5,8H2,1H3,(H2,13,14,15,16)/t9-,10+/m1/s1. The van der Waals surface area contributed by atoms with Crippen molar-refractivity contribution in [2.24, 2.45) is 0 Å². The highest BCUT2D eigenvalue weighted by molar-refractivity contribution is 5.88. The molecule has 0 radical (unpaired) electrons. The Hall–Kier alpha value is -1.62. The lowest BCUT2D eigenvalue weighted by Gasteiger charge is -2.19. The number of nitrogens with one attached hydrogen (secondary N) is 2. The molecule has 2 heterocycles. The van der Waals surface area contributed by atoms with Crippen LogP contribution >= 0.6 is 0 Å². The summed E-state index contributed by atoms with van der Waals surface area (Å²) >= 11 is 0. The van der Waals surface area contributed by atoms with Crippen molar-refractivity contribution in [2.75, 3.05) is 11.9 Å². The van der Waals surface area contributed by atoms with Gasteiger partial charge in [-0.3, -0.25) is 5.32 Å². The van der Waals surface area contributed by atoms with Gasteiger partial charge < -0.3 is 10.1 Å². The zero-order valence-electron chi connectivity index (χ0n) is 9.85. The summed E-state index contributed by atoms with van der Waals surface area (Å²) in [7, 11) is 0. The van der Waals surface area contributed by atoms with Crippen LogP contribution in [0.15, 0.2) is 24.4 Å². The van der Waals surface area contributed by atoms with E-state index in [1.54, 1.807) is 18.3 Å². The lowest BCUT2D eigenvalue weighted by atomic mass is 10.1. The van der Waals surface area contributed by atoms with Gasteiger partial charge in [-0.05, 0) is 31.9 Å². The fraction of sp³-hybridized carbons (Fsp3) is 0.500. The van der Waals surface area contributed by atoms with Gasteiger partial charge in [-0.1, -0.05) is 6.07 Å². The lowest BCUT2D eigenvalue weighted by molar-refractivity contribution is 0.0868. The number of anilines is 1. The Bertz CT molecular complexity index is 363. The minimum atomic E-state index is -0.244. The number of amides is 2. The van der Waals surface area contributed by atoms with Crippen molar-refractivity contribution < 1.29 is 9.53 Å². The Morgan fingerprint density at radius 3 is 3.12 bits per heavy atom. The predicted molar refractivity (Wildman–Crippen MR) is 64.8 cm³/mol. The fourth-order valence-corrected chi connectivity index (χ4v) is 1.89. The van der Waals surface area contributed by atoms with Gasteiger partial charge in [0, 0.05) is 12.8 Å². The van der Waals surface area contributed by atoms with E-state index in [2.05, 4.69) is 15.6 Å². The predicted octanol–water partition coefficient (Wildman–Crippen LogP) is 1.77. The average molecular weight is 235 g/mol. The molecular formula is C12H17N3O2. The molecule has 17 heavy (non-hydrogen) atoms. The number of ether oxygens (including phenoxy) is 1. The molecule has 2 amide bonds. The highest BCUT2D eigenvalue weighted by Gasteiger charge is 2.23. The molecule has 2 rings (SSSR count). The van der Waals surface area contributed by atoms with Crippen LogP contribution in [0.4, 0.5) is 10.6 Å². The van der Waals surface area contributed by atoms with Crippen molar-refractivity contribution in [1.82, 2.24) is 10.3 Å². The van der Waals surface area contributed by atoms with Crippen molar-refractivity contribution in [3.63, 3.8) is 0 Å². The van der Waals surface area contributed by atoms with Gasteiger partial charge in [-0.2, -0.15) is 0 Å². The van der Waals surface area contributed by atoms with E-state index in [1.165, 1.54) is 0 Å². The van der Waals surface area contributed by atoms with Gasteiger partial charge in [-0.25, -0.2) is 9.78 Å². The van der Waals surface area contributed by atoms with E-state index in [0.717, 1.165) is 19.4 Å². The molecule has 1 aliphatic rings. The highest BCUT2D eigenvalue weighted by Crippen LogP contribution is 2.15. The van der Waals surface area contributed by atoms with Gasteiger partial charge in [-0.15, -0.1) is 0 Å². The van der Waals surface area contributed by atoms with Crippen molar-refractivity contribution in [2.45, 2.75) is 31.9 Å². The maximum absolute atomic E-state index is 11.7. The average Bonchev–Trinajstić information content (AvgIpc) is 2.83. The minimum Gasteiger partial charge on any atom is -0.376 e. The first-order valence-electron chi connectivity index (χ1n) is 5.86. The van der Waals surface area contributed by atoms with Gasteiger partial charge in [0.25, 0.3) is 0 Å². The lowest BCUT2D eigenvalue weighted by Crippen LogP contribution is -2.43. The van der Waals surface area contributed by atoms with Crippen molar-refractivity contribution in [3.8, 4) is 0 Å². The first kappa shape index (κ1) is 11.9. The van der Waals surface area contributed by atoms with Crippen LogP contribution in [0, 0.1) is 0 Å². The second-order valence-corrected chi connectivity index (χ2v) is 4.15. The van der Waals surface area contributed by atoms with E-state index in [-0.39, 0.29) is 18.2 Å². The van der Waals surface area contributed by atoms with Gasteiger partial charge >= 0.3 is 6.03 Å². The summed E-state index contributed by atoms with van der Waals surface area (Å²) in [5.41, 5.74) is 0. The van der Waals surface area contributed by atoms with E-state index >= 15 is 0 Å². The van der Waals surface area contributed by atoms with Crippen LogP contribution in [0.3, 0.4) is 0 Å². The molecular weight excluding hydrogens is 218 g/mol. The number of nitrogens with zero attached hydrogens (tertiary/aromatic N) is 1. The summed E-state index contributed by atoms with van der Waals surface area (Å²) in [6.45, 7) is 2.74. The summed E-state index contributed by atoms with van der Waals surface area (Å²) in [6, 6.07) is 5.15. The van der Waals surface area contributed by atoms with Crippen LogP contribution in [0.5, 0.6) is 0 Å². The van der Waals surface area contributed by atoms with E-state index in [1.807, 2.05) is 13.0 Å². The number of carbonyl (C=O) groups is 1. The van der Waals surface area contributed by atoms with Crippen LogP contribution in [-0.4, -0.2) is 29.8 Å². The van der Waals surface area contributed by atoms with Gasteiger partial charge in [0.2, 0.25) is 0 Å². The summed E-state index contributed by atoms with van der Waals surface area (Å²) in [5.74, 6) is 0.546. The number of hydrogen-bond donors (Lipinski definition) is 2. The molecule has 1 aromatic rings. The molecule has 0 aliphatic carbocycles. The van der Waals surface area contributed by atoms with Gasteiger partial charge in [0.15, 0.2) is 0 Å². The first-order chi connectivity index (χ1) is 8.25. The third-order valence-corrected chi connectivity index (χ3v) is 2.79. The summed E-state index contributed by atoms with van der Waals surface area (Å²) in [4.78, 5) is 15.7. The Balaban J connectivity index is 1.80. The van der Waals surface area contributed by atoms with Crippen LogP contribution in [-0.2, 0) is 4.74 Å². The topological polar surface area (TPSA) is 63.2 Å². The number of carbonyl (C=O) groups excluding carboxylic acids is 1. The maximum atomic E-state index is 11.7. The van der Waals surface area contributed by atoms with Gasteiger partial charge in [0.05, 0.1) is 12.1 Å². The molecule has 1 aliphatic heterocycles. The smallest absolute Gasteiger partial charge is 0.320 e. The monoisotopic (exact) mass is 235 g/mol. The first-order valence-corrected chi connectivity index (χ1v) is 5.86. The van der Waals surface area contributed by atoms with E-state index in [9.17, 15) is 4.79 Å². The number of aromatic nitrogens is 1. The van der Waals surface area contributed by atoms with Crippen molar-refractivity contribution in [1.29, 1.82) is 0 Å². The van der Waals surface area contributed by atoms with Crippen LogP contribution in [0.1, 0.15) is 19.8 Å². The fourth-order valence-electron chi connectivity index (χ4n) is 1.89. The van der Waals surface area contributed by atoms with Crippen LogP contribution in [0.25, 0.3) is 0 Å². The Morgan fingerprint density at radius 2 is 2.47 bits per heavy atom. The number of pyridine rings is 1. The van der Waals surface area contributed by atoms with Gasteiger partial charge in [0.1, 0.15) is 5.82 Å². The maximum Gasteiger partial charge on any atom is 0.320 e. The molecule has 0 unspecified atom stereocenters. The Labute approximate surface area is 101 Å². The Kier molecular flexibility index (Phi) is 3.93. The third kappa shape index (κ3) is 3.42. The zero-order chi connectivity index (χ0) is 12.1. The minimum absolute atomic E-state index is 0.0150. The summed E-state index contributed by atoms with van der Waals surface area (Å²) in [6.07, 6.45) is 3.84. The quantitative estimate of drug-likeness (QED) is 0.839. The highest BCUT2D eigenvalue weighted by atomic mass is 16.5. The van der Waals surface area contributed by atoms with E-state index in [0.29, 0.717) is 5.82 Å².